The molecule has 5 nitrogen and oxygen atoms in total. The maximum Gasteiger partial charge on any atom is 0.249 e. The first-order valence-electron chi connectivity index (χ1n) is 10.1. The van der Waals surface area contributed by atoms with Gasteiger partial charge in [0.15, 0.2) is 0 Å². The fourth-order valence-corrected chi connectivity index (χ4v) is 7.05. The van der Waals surface area contributed by atoms with Crippen molar-refractivity contribution < 1.29 is 14.4 Å². The van der Waals surface area contributed by atoms with Crippen LogP contribution in [0.15, 0.2) is 12.2 Å². The highest BCUT2D eigenvalue weighted by Crippen LogP contribution is 2.65. The van der Waals surface area contributed by atoms with Crippen LogP contribution in [0.5, 0.6) is 0 Å². The Balaban J connectivity index is 1.61. The molecule has 4 aliphatic rings. The Morgan fingerprint density at radius 1 is 1.19 bits per heavy atom. The lowest BCUT2D eigenvalue weighted by Crippen LogP contribution is -2.59. The van der Waals surface area contributed by atoms with Crippen molar-refractivity contribution in [3.05, 3.63) is 12.2 Å². The summed E-state index contributed by atoms with van der Waals surface area (Å²) >= 11 is 0. The first-order chi connectivity index (χ1) is 12.3. The number of nitrogens with one attached hydrogen (secondary N) is 1. The molecule has 0 saturated heterocycles. The molecule has 0 spiro atoms. The third-order valence-corrected chi connectivity index (χ3v) is 8.57. The largest absolute Gasteiger partial charge is 0.349 e. The SMILES string of the molecule is CON(C)C(=O)[C@H]1CCC2C3CCC4NC(=O)C=C[C@]4(C)C3CC[C@@]21C. The van der Waals surface area contributed by atoms with Gasteiger partial charge in [0.05, 0.1) is 7.11 Å². The molecule has 144 valence electrons. The average molecular weight is 360 g/mol. The maximum absolute atomic E-state index is 12.9. The van der Waals surface area contributed by atoms with E-state index in [1.165, 1.54) is 11.5 Å². The molecule has 26 heavy (non-hydrogen) atoms. The summed E-state index contributed by atoms with van der Waals surface area (Å²) in [6, 6.07) is 0.268. The number of rotatable bonds is 2. The Morgan fingerprint density at radius 3 is 2.69 bits per heavy atom. The van der Waals surface area contributed by atoms with E-state index in [1.54, 1.807) is 20.2 Å². The predicted octanol–water partition coefficient (Wildman–Crippen LogP) is 2.92. The van der Waals surface area contributed by atoms with Crippen LogP contribution in [0.25, 0.3) is 0 Å². The lowest BCUT2D eigenvalue weighted by molar-refractivity contribution is -0.179. The van der Waals surface area contributed by atoms with E-state index in [0.29, 0.717) is 17.8 Å². The zero-order valence-electron chi connectivity index (χ0n) is 16.5. The number of amides is 2. The molecule has 0 bridgehead atoms. The van der Waals surface area contributed by atoms with Gasteiger partial charge >= 0.3 is 0 Å². The quantitative estimate of drug-likeness (QED) is 0.770. The Labute approximate surface area is 156 Å². The summed E-state index contributed by atoms with van der Waals surface area (Å²) in [5.74, 6) is 2.13. The fourth-order valence-electron chi connectivity index (χ4n) is 7.05. The van der Waals surface area contributed by atoms with E-state index >= 15 is 0 Å². The molecule has 3 saturated carbocycles. The zero-order valence-corrected chi connectivity index (χ0v) is 16.5. The fraction of sp³-hybridized carbons (Fsp3) is 0.810. The van der Waals surface area contributed by atoms with E-state index in [0.717, 1.165) is 32.1 Å². The highest BCUT2D eigenvalue weighted by molar-refractivity contribution is 5.89. The smallest absolute Gasteiger partial charge is 0.249 e. The summed E-state index contributed by atoms with van der Waals surface area (Å²) in [5.41, 5.74) is 0.138. The normalized spacial score (nSPS) is 46.8. The van der Waals surface area contributed by atoms with E-state index in [1.807, 2.05) is 0 Å². The molecule has 7 atom stereocenters. The van der Waals surface area contributed by atoms with Crippen molar-refractivity contribution in [2.24, 2.45) is 34.5 Å². The molecular weight excluding hydrogens is 328 g/mol. The van der Waals surface area contributed by atoms with Gasteiger partial charge in [0.2, 0.25) is 11.8 Å². The second kappa shape index (κ2) is 6.08. The van der Waals surface area contributed by atoms with Gasteiger partial charge in [-0.15, -0.1) is 0 Å². The van der Waals surface area contributed by atoms with Crippen molar-refractivity contribution >= 4 is 11.8 Å². The molecule has 0 aromatic carbocycles. The predicted molar refractivity (Wildman–Crippen MR) is 98.7 cm³/mol. The molecule has 5 heteroatoms. The zero-order chi connectivity index (χ0) is 18.7. The van der Waals surface area contributed by atoms with Crippen molar-refractivity contribution in [1.29, 1.82) is 0 Å². The van der Waals surface area contributed by atoms with Crippen LogP contribution in [0.1, 0.15) is 52.4 Å². The molecule has 2 amide bonds. The minimum atomic E-state index is 0.0562. The van der Waals surface area contributed by atoms with Gasteiger partial charge in [-0.25, -0.2) is 5.06 Å². The molecule has 1 N–H and O–H groups in total. The monoisotopic (exact) mass is 360 g/mol. The molecule has 4 rings (SSSR count). The van der Waals surface area contributed by atoms with Crippen molar-refractivity contribution in [2.45, 2.75) is 58.4 Å². The Hall–Kier alpha value is -1.36. The Morgan fingerprint density at radius 2 is 1.96 bits per heavy atom. The van der Waals surface area contributed by atoms with Gasteiger partial charge in [-0.05, 0) is 67.8 Å². The van der Waals surface area contributed by atoms with Crippen LogP contribution in [-0.2, 0) is 14.4 Å². The number of carbonyl (C=O) groups is 2. The lowest BCUT2D eigenvalue weighted by atomic mass is 9.48. The van der Waals surface area contributed by atoms with Gasteiger partial charge < -0.3 is 5.32 Å². The van der Waals surface area contributed by atoms with Gasteiger partial charge in [0.1, 0.15) is 0 Å². The second-order valence-corrected chi connectivity index (χ2v) is 9.41. The van der Waals surface area contributed by atoms with Gasteiger partial charge in [-0.2, -0.15) is 0 Å². The number of hydrogen-bond donors (Lipinski definition) is 1. The van der Waals surface area contributed by atoms with Crippen LogP contribution in [-0.4, -0.2) is 37.1 Å². The van der Waals surface area contributed by atoms with E-state index in [4.69, 9.17) is 4.84 Å². The van der Waals surface area contributed by atoms with Gasteiger partial charge in [-0.3, -0.25) is 14.4 Å². The molecular formula is C21H32N2O3. The third kappa shape index (κ3) is 2.39. The lowest BCUT2D eigenvalue weighted by Gasteiger charge is -2.58. The van der Waals surface area contributed by atoms with Gasteiger partial charge in [-0.1, -0.05) is 19.9 Å². The number of nitrogens with zero attached hydrogens (tertiary/aromatic N) is 1. The molecule has 1 heterocycles. The van der Waals surface area contributed by atoms with Crippen LogP contribution in [0.4, 0.5) is 0 Å². The summed E-state index contributed by atoms with van der Waals surface area (Å²) in [4.78, 5) is 29.9. The van der Waals surface area contributed by atoms with E-state index in [2.05, 4.69) is 25.2 Å². The first-order valence-corrected chi connectivity index (χ1v) is 10.1. The molecule has 0 radical (unpaired) electrons. The van der Waals surface area contributed by atoms with Crippen molar-refractivity contribution in [3.63, 3.8) is 0 Å². The highest BCUT2D eigenvalue weighted by atomic mass is 16.7. The average Bonchev–Trinajstić information content (AvgIpc) is 2.98. The summed E-state index contributed by atoms with van der Waals surface area (Å²) in [5, 5.41) is 4.63. The summed E-state index contributed by atoms with van der Waals surface area (Å²) in [6.45, 7) is 4.68. The molecule has 0 aromatic rings. The molecule has 3 aliphatic carbocycles. The maximum atomic E-state index is 12.9. The van der Waals surface area contributed by atoms with Crippen LogP contribution in [0.3, 0.4) is 0 Å². The Kier molecular flexibility index (Phi) is 4.22. The molecule has 1 aliphatic heterocycles. The summed E-state index contributed by atoms with van der Waals surface area (Å²) in [7, 11) is 3.29. The van der Waals surface area contributed by atoms with Crippen molar-refractivity contribution in [2.75, 3.05) is 14.2 Å². The van der Waals surface area contributed by atoms with Gasteiger partial charge in [0, 0.05) is 24.4 Å². The molecule has 0 aromatic heterocycles. The van der Waals surface area contributed by atoms with Crippen LogP contribution in [0, 0.1) is 34.5 Å². The summed E-state index contributed by atoms with van der Waals surface area (Å²) < 4.78 is 0. The number of carbonyl (C=O) groups excluding carboxylic acids is 2. The molecule has 4 unspecified atom stereocenters. The molecule has 3 fully saturated rings. The van der Waals surface area contributed by atoms with Crippen LogP contribution in [0.2, 0.25) is 0 Å². The number of hydrogen-bond acceptors (Lipinski definition) is 3. The number of fused-ring (bicyclic) bond motifs is 5. The van der Waals surface area contributed by atoms with E-state index in [-0.39, 0.29) is 34.6 Å². The second-order valence-electron chi connectivity index (χ2n) is 9.41. The van der Waals surface area contributed by atoms with Crippen molar-refractivity contribution in [3.8, 4) is 0 Å². The van der Waals surface area contributed by atoms with Crippen molar-refractivity contribution in [1.82, 2.24) is 10.4 Å². The van der Waals surface area contributed by atoms with Gasteiger partial charge in [0.25, 0.3) is 0 Å². The van der Waals surface area contributed by atoms with E-state index in [9.17, 15) is 9.59 Å². The van der Waals surface area contributed by atoms with E-state index < -0.39 is 0 Å². The summed E-state index contributed by atoms with van der Waals surface area (Å²) in [6.07, 6.45) is 10.5. The minimum absolute atomic E-state index is 0.0562. The van der Waals surface area contributed by atoms with Crippen LogP contribution < -0.4 is 5.32 Å². The first kappa shape index (κ1) is 18.0. The van der Waals surface area contributed by atoms with Crippen LogP contribution >= 0.6 is 0 Å². The highest BCUT2D eigenvalue weighted by Gasteiger charge is 2.61. The third-order valence-electron chi connectivity index (χ3n) is 8.57. The minimum Gasteiger partial charge on any atom is -0.349 e. The number of hydroxylamine groups is 2. The standard InChI is InChI=1S/C21H32N2O3/c1-20-11-9-15-13(5-8-17-21(15,2)12-10-18(24)22-17)14(20)6-7-16(20)19(25)23(3)26-4/h10,12-17H,5-9,11H2,1-4H3,(H,22,24)/t13?,14?,15?,16-,17?,20+,21-/m1/s1. The topological polar surface area (TPSA) is 58.6 Å². The Bertz CT molecular complexity index is 647.